The molecular weight excluding hydrogens is 752 g/mol. The number of hydrogen-bond acceptors (Lipinski definition) is 11. The van der Waals surface area contributed by atoms with Gasteiger partial charge in [0.25, 0.3) is 17.7 Å². The number of ether oxygens (including phenoxy) is 1. The minimum Gasteiger partial charge on any atom is -0.420 e. The van der Waals surface area contributed by atoms with Crippen molar-refractivity contribution in [1.82, 2.24) is 30.3 Å². The van der Waals surface area contributed by atoms with Crippen LogP contribution in [-0.2, 0) is 9.59 Å². The van der Waals surface area contributed by atoms with Gasteiger partial charge in [0.2, 0.25) is 11.8 Å². The number of carbonyl (C=O) groups is 5. The predicted octanol–water partition coefficient (Wildman–Crippen LogP) is 4.08. The molecule has 6 heterocycles. The van der Waals surface area contributed by atoms with Gasteiger partial charge in [0.05, 0.1) is 22.4 Å². The Kier molecular flexibility index (Phi) is 9.88. The van der Waals surface area contributed by atoms with E-state index in [0.717, 1.165) is 49.6 Å². The number of nitrogens with one attached hydrogen (secondary N) is 3. The van der Waals surface area contributed by atoms with Crippen LogP contribution in [0.1, 0.15) is 56.8 Å². The van der Waals surface area contributed by atoms with E-state index in [1.807, 2.05) is 6.07 Å². The highest BCUT2D eigenvalue weighted by molar-refractivity contribution is 6.24. The summed E-state index contributed by atoms with van der Waals surface area (Å²) < 4.78 is 30.3. The number of benzene rings is 2. The van der Waals surface area contributed by atoms with Crippen molar-refractivity contribution in [1.29, 1.82) is 0 Å². The summed E-state index contributed by atoms with van der Waals surface area (Å²) in [7, 11) is 0. The number of nitrogens with zero attached hydrogens (tertiary/aromatic N) is 6. The van der Waals surface area contributed by atoms with Gasteiger partial charge >= 0.3 is 5.57 Å². The number of amides is 5. The van der Waals surface area contributed by atoms with E-state index in [9.17, 15) is 32.8 Å². The molecule has 0 saturated carbocycles. The van der Waals surface area contributed by atoms with Crippen LogP contribution in [0, 0.1) is 0 Å². The smallest absolute Gasteiger partial charge is 0.420 e. The van der Waals surface area contributed by atoms with Crippen LogP contribution in [0.3, 0.4) is 0 Å². The van der Waals surface area contributed by atoms with E-state index in [4.69, 9.17) is 16.6 Å². The third-order valence-electron chi connectivity index (χ3n) is 10.6. The maximum Gasteiger partial charge on any atom is 0.487 e. The number of imide groups is 2. The van der Waals surface area contributed by atoms with Gasteiger partial charge in [0.15, 0.2) is 0 Å². The number of hydrogen-bond donors (Lipinski definition) is 3. The number of rotatable bonds is 9. The van der Waals surface area contributed by atoms with Crippen molar-refractivity contribution in [3.63, 3.8) is 0 Å². The number of aromatic nitrogens is 3. The van der Waals surface area contributed by atoms with Gasteiger partial charge in [0.1, 0.15) is 17.6 Å². The summed E-state index contributed by atoms with van der Waals surface area (Å²) in [4.78, 5) is 76.4. The van der Waals surface area contributed by atoms with E-state index in [0.29, 0.717) is 47.5 Å². The first-order chi connectivity index (χ1) is 26.9. The van der Waals surface area contributed by atoms with Gasteiger partial charge in [-0.3, -0.25) is 44.2 Å². The Hall–Kier alpha value is -5.94. The number of aromatic amines is 1. The molecule has 2 aromatic carbocycles. The summed E-state index contributed by atoms with van der Waals surface area (Å²) >= 11 is 4.83. The molecule has 3 fully saturated rings. The minimum atomic E-state index is -3.85. The Morgan fingerprint density at radius 3 is 2.27 bits per heavy atom. The Labute approximate surface area is 323 Å². The van der Waals surface area contributed by atoms with Crippen LogP contribution in [0.15, 0.2) is 67.0 Å². The summed E-state index contributed by atoms with van der Waals surface area (Å²) in [6.07, 6.45) is 5.12. The van der Waals surface area contributed by atoms with Gasteiger partial charge in [-0.15, -0.1) is 8.78 Å². The summed E-state index contributed by atoms with van der Waals surface area (Å²) in [6, 6.07) is 13.5. The van der Waals surface area contributed by atoms with E-state index in [-0.39, 0.29) is 29.7 Å². The highest BCUT2D eigenvalue weighted by Gasteiger charge is 2.45. The van der Waals surface area contributed by atoms with Gasteiger partial charge in [-0.25, -0.2) is 4.98 Å². The third kappa shape index (κ3) is 7.51. The highest BCUT2D eigenvalue weighted by atomic mass is 35.5. The monoisotopic (exact) mass is 787 g/mol. The lowest BCUT2D eigenvalue weighted by atomic mass is 10.0. The van der Waals surface area contributed by atoms with Crippen LogP contribution >= 0.6 is 11.6 Å². The largest absolute Gasteiger partial charge is 0.487 e. The number of alkyl halides is 3. The second kappa shape index (κ2) is 15.0. The minimum absolute atomic E-state index is 0.0677. The van der Waals surface area contributed by atoms with Gasteiger partial charge in [-0.05, 0) is 73.9 Å². The van der Waals surface area contributed by atoms with Crippen LogP contribution in [0.4, 0.5) is 26.0 Å². The zero-order chi connectivity index (χ0) is 39.1. The van der Waals surface area contributed by atoms with Crippen molar-refractivity contribution < 1.29 is 37.5 Å². The molecule has 8 rings (SSSR count). The molecule has 3 N–H and O–H groups in total. The third-order valence-corrected chi connectivity index (χ3v) is 10.7. The normalized spacial score (nSPS) is 19.6. The molecule has 5 amide bonds. The standard InChI is InChI=1S/C38H36ClF2N9O6/c39-38(40,41)56-26-4-1-23(2-5-26)44-34(52)22-19-29(30-9-12-43-46-30)33(42-21-22)49-17-15-48(16-18-49)24-10-13-47(14-11-24)25-3-6-27-28(20-25)37(55)50(36(27)54)31-7-8-32(51)45-35(31)53/h1-6,9,12,19-21,24,31H,7-8,10-11,13-18H2,(H,43,46)(H,44,52)(H,45,51,53). The lowest BCUT2D eigenvalue weighted by Gasteiger charge is -2.43. The average Bonchev–Trinajstić information content (AvgIpc) is 3.81. The molecular formula is C38H36ClF2N9O6. The fourth-order valence-electron chi connectivity index (χ4n) is 7.82. The van der Waals surface area contributed by atoms with Crippen LogP contribution in [0.2, 0.25) is 0 Å². The molecule has 0 aliphatic carbocycles. The maximum atomic E-state index is 13.4. The average molecular weight is 788 g/mol. The molecule has 2 aromatic heterocycles. The number of anilines is 3. The summed E-state index contributed by atoms with van der Waals surface area (Å²) in [5.41, 5.74) is -0.407. The number of H-pyrrole nitrogens is 1. The molecule has 18 heteroatoms. The van der Waals surface area contributed by atoms with Crippen molar-refractivity contribution in [2.24, 2.45) is 0 Å². The molecule has 56 heavy (non-hydrogen) atoms. The molecule has 4 aromatic rings. The molecule has 0 radical (unpaired) electrons. The van der Waals surface area contributed by atoms with Crippen LogP contribution < -0.4 is 25.2 Å². The Morgan fingerprint density at radius 2 is 1.59 bits per heavy atom. The lowest BCUT2D eigenvalue weighted by Crippen LogP contribution is -2.54. The van der Waals surface area contributed by atoms with E-state index < -0.39 is 41.1 Å². The first-order valence-corrected chi connectivity index (χ1v) is 18.6. The van der Waals surface area contributed by atoms with Gasteiger partial charge < -0.3 is 19.9 Å². The maximum absolute atomic E-state index is 13.4. The topological polar surface area (TPSA) is 173 Å². The molecule has 4 aliphatic rings. The first kappa shape index (κ1) is 37.0. The molecule has 1 atom stereocenters. The second-order valence-corrected chi connectivity index (χ2v) is 14.5. The number of piperidine rings is 2. The molecule has 0 spiro atoms. The van der Waals surface area contributed by atoms with E-state index in [2.05, 4.69) is 40.3 Å². The molecule has 3 saturated heterocycles. The van der Waals surface area contributed by atoms with Crippen molar-refractivity contribution in [2.75, 3.05) is 54.4 Å². The van der Waals surface area contributed by atoms with E-state index in [1.165, 1.54) is 30.5 Å². The molecule has 290 valence electrons. The second-order valence-electron chi connectivity index (χ2n) is 14.0. The number of piperazine rings is 1. The van der Waals surface area contributed by atoms with Crippen LogP contribution in [0.25, 0.3) is 11.3 Å². The number of halogens is 3. The van der Waals surface area contributed by atoms with Crippen molar-refractivity contribution in [3.05, 3.63) is 83.7 Å². The summed E-state index contributed by atoms with van der Waals surface area (Å²) in [5, 5.41) is 12.0. The van der Waals surface area contributed by atoms with Crippen molar-refractivity contribution in [3.8, 4) is 17.0 Å². The molecule has 1 unspecified atom stereocenters. The van der Waals surface area contributed by atoms with Gasteiger partial charge in [-0.1, -0.05) is 0 Å². The number of pyridine rings is 1. The molecule has 15 nitrogen and oxygen atoms in total. The highest BCUT2D eigenvalue weighted by Crippen LogP contribution is 2.34. The fourth-order valence-corrected chi connectivity index (χ4v) is 7.91. The van der Waals surface area contributed by atoms with Crippen LogP contribution in [0.5, 0.6) is 5.75 Å². The Morgan fingerprint density at radius 1 is 0.857 bits per heavy atom. The Balaban J connectivity index is 0.878. The van der Waals surface area contributed by atoms with Gasteiger partial charge in [-0.2, -0.15) is 5.10 Å². The lowest BCUT2D eigenvalue weighted by molar-refractivity contribution is -0.136. The van der Waals surface area contributed by atoms with E-state index >= 15 is 0 Å². The van der Waals surface area contributed by atoms with Crippen molar-refractivity contribution in [2.45, 2.75) is 43.3 Å². The SMILES string of the molecule is O=C1CCC(N2C(=O)c3ccc(N4CCC(N5CCN(c6ncc(C(=O)Nc7ccc(OC(F)(F)Cl)cc7)cc6-c6ccn[nH]6)CC5)CC4)cc3C2=O)C(=O)N1. The van der Waals surface area contributed by atoms with E-state index in [1.54, 1.807) is 30.5 Å². The Bertz CT molecular complexity index is 2180. The quantitative estimate of drug-likeness (QED) is 0.165. The first-order valence-electron chi connectivity index (χ1n) is 18.2. The summed E-state index contributed by atoms with van der Waals surface area (Å²) in [6.45, 7) is 4.55. The van der Waals surface area contributed by atoms with Crippen LogP contribution in [-0.4, -0.2) is 111 Å². The van der Waals surface area contributed by atoms with Crippen molar-refractivity contribution >= 4 is 58.3 Å². The predicted molar refractivity (Wildman–Crippen MR) is 200 cm³/mol. The zero-order valence-corrected chi connectivity index (χ0v) is 30.6. The fraction of sp³-hybridized carbons (Fsp3) is 0.342. The number of fused-ring (bicyclic) bond motifs is 1. The molecule has 0 bridgehead atoms. The zero-order valence-electron chi connectivity index (χ0n) is 29.8. The molecule has 4 aliphatic heterocycles. The summed E-state index contributed by atoms with van der Waals surface area (Å²) in [5.74, 6) is -1.96. The number of carbonyl (C=O) groups excluding carboxylic acids is 5. The van der Waals surface area contributed by atoms with Gasteiger partial charge in [0, 0.05) is 92.7 Å².